The Morgan fingerprint density at radius 3 is 2.89 bits per heavy atom. The Kier molecular flexibility index (Phi) is 5.88. The van der Waals surface area contributed by atoms with Crippen molar-refractivity contribution in [3.8, 4) is 6.19 Å². The molecule has 0 aromatic carbocycles. The zero-order chi connectivity index (χ0) is 13.5. The molecule has 0 unspecified atom stereocenters. The summed E-state index contributed by atoms with van der Waals surface area (Å²) < 4.78 is 1.05. The second-order valence-electron chi connectivity index (χ2n) is 3.51. The number of likely N-dealkylation sites (N-methyl/N-ethyl adjacent to an activating group) is 1. The Hall–Kier alpha value is -1.33. The summed E-state index contributed by atoms with van der Waals surface area (Å²) in [6.07, 6.45) is 1.83. The van der Waals surface area contributed by atoms with Crippen LogP contribution in [0.2, 0.25) is 0 Å². The Balaban J connectivity index is 2.42. The Morgan fingerprint density at radius 1 is 1.67 bits per heavy atom. The molecule has 0 aliphatic carbocycles. The molecule has 1 aromatic heterocycles. The highest BCUT2D eigenvalue weighted by Crippen LogP contribution is 2.29. The van der Waals surface area contributed by atoms with Gasteiger partial charge in [0.25, 0.3) is 0 Å². The van der Waals surface area contributed by atoms with Crippen molar-refractivity contribution in [3.63, 3.8) is 0 Å². The van der Waals surface area contributed by atoms with Gasteiger partial charge in [-0.05, 0) is 22.9 Å². The number of nitriles is 1. The number of hydrogen-bond acceptors (Lipinski definition) is 5. The summed E-state index contributed by atoms with van der Waals surface area (Å²) in [6.45, 7) is 3.41. The summed E-state index contributed by atoms with van der Waals surface area (Å²) in [5, 5.41) is 14.9. The molecule has 6 nitrogen and oxygen atoms in total. The van der Waals surface area contributed by atoms with Gasteiger partial charge in [0.15, 0.2) is 11.3 Å². The smallest absolute Gasteiger partial charge is 0.204 e. The monoisotopic (exact) mass is 330 g/mol. The molecule has 2 N–H and O–H groups in total. The second kappa shape index (κ2) is 7.18. The van der Waals surface area contributed by atoms with E-state index in [1.54, 1.807) is 18.4 Å². The number of anilines is 1. The Labute approximate surface area is 119 Å². The normalized spacial score (nSPS) is 10.9. The number of guanidine groups is 1. The predicted octanol–water partition coefficient (Wildman–Crippen LogP) is 1.30. The zero-order valence-electron chi connectivity index (χ0n) is 10.5. The number of aryl methyl sites for hydroxylation is 1. The van der Waals surface area contributed by atoms with Gasteiger partial charge in [-0.2, -0.15) is 5.26 Å². The molecule has 0 bridgehead atoms. The van der Waals surface area contributed by atoms with E-state index in [2.05, 4.69) is 41.4 Å². The van der Waals surface area contributed by atoms with Gasteiger partial charge >= 0.3 is 0 Å². The van der Waals surface area contributed by atoms with Crippen LogP contribution in [0.3, 0.4) is 0 Å². The SMILES string of the molecule is CN=C(NC#N)NCCN(C)c1nc(C)c(Br)s1. The fourth-order valence-corrected chi connectivity index (χ4v) is 2.50. The van der Waals surface area contributed by atoms with Crippen LogP contribution in [-0.2, 0) is 0 Å². The lowest BCUT2D eigenvalue weighted by atomic mass is 10.5. The number of aliphatic imine (C=N–C) groups is 1. The third kappa shape index (κ3) is 4.16. The summed E-state index contributed by atoms with van der Waals surface area (Å²) in [5.74, 6) is 0.474. The van der Waals surface area contributed by atoms with Crippen LogP contribution in [0, 0.1) is 18.4 Å². The van der Waals surface area contributed by atoms with Gasteiger partial charge in [0, 0.05) is 27.2 Å². The standard InChI is InChI=1S/C10H15BrN6S/c1-7-8(11)18-10(16-7)17(3)5-4-14-9(13-2)15-6-12/h4-5H2,1-3H3,(H2,13,14,15). The van der Waals surface area contributed by atoms with E-state index in [1.807, 2.05) is 20.2 Å². The number of nitrogens with one attached hydrogen (secondary N) is 2. The average Bonchev–Trinajstić information content (AvgIpc) is 2.68. The van der Waals surface area contributed by atoms with E-state index < -0.39 is 0 Å². The maximum atomic E-state index is 8.48. The molecule has 0 aliphatic rings. The number of nitrogens with zero attached hydrogens (tertiary/aromatic N) is 4. The van der Waals surface area contributed by atoms with Crippen molar-refractivity contribution in [1.82, 2.24) is 15.6 Å². The fraction of sp³-hybridized carbons (Fsp3) is 0.500. The molecule has 8 heteroatoms. The van der Waals surface area contributed by atoms with E-state index in [1.165, 1.54) is 0 Å². The maximum Gasteiger partial charge on any atom is 0.204 e. The quantitative estimate of drug-likeness (QED) is 0.376. The topological polar surface area (TPSA) is 76.3 Å². The molecule has 0 radical (unpaired) electrons. The minimum atomic E-state index is 0.474. The minimum Gasteiger partial charge on any atom is -0.354 e. The lowest BCUT2D eigenvalue weighted by molar-refractivity contribution is 0.804. The Bertz CT molecular complexity index is 444. The molecule has 0 atom stereocenters. The molecular weight excluding hydrogens is 316 g/mol. The summed E-state index contributed by atoms with van der Waals surface area (Å²) in [4.78, 5) is 10.4. The van der Waals surface area contributed by atoms with Crippen LogP contribution in [-0.4, -0.2) is 38.1 Å². The molecule has 1 aromatic rings. The van der Waals surface area contributed by atoms with Gasteiger partial charge in [-0.25, -0.2) is 4.98 Å². The van der Waals surface area contributed by atoms with Crippen molar-refractivity contribution in [2.24, 2.45) is 4.99 Å². The lowest BCUT2D eigenvalue weighted by Gasteiger charge is -2.16. The van der Waals surface area contributed by atoms with Crippen molar-refractivity contribution in [3.05, 3.63) is 9.48 Å². The first-order valence-electron chi connectivity index (χ1n) is 5.28. The van der Waals surface area contributed by atoms with Crippen LogP contribution in [0.4, 0.5) is 5.13 Å². The van der Waals surface area contributed by atoms with Gasteiger partial charge in [-0.1, -0.05) is 11.3 Å². The first-order chi connectivity index (χ1) is 8.58. The first kappa shape index (κ1) is 14.7. The van der Waals surface area contributed by atoms with Gasteiger partial charge in [-0.3, -0.25) is 10.3 Å². The van der Waals surface area contributed by atoms with Gasteiger partial charge in [-0.15, -0.1) is 0 Å². The van der Waals surface area contributed by atoms with E-state index >= 15 is 0 Å². The number of thiazole rings is 1. The van der Waals surface area contributed by atoms with E-state index in [0.29, 0.717) is 12.5 Å². The average molecular weight is 331 g/mol. The third-order valence-corrected chi connectivity index (χ3v) is 4.31. The van der Waals surface area contributed by atoms with E-state index in [0.717, 1.165) is 21.2 Å². The Morgan fingerprint density at radius 2 is 2.39 bits per heavy atom. The van der Waals surface area contributed by atoms with Crippen LogP contribution in [0.1, 0.15) is 5.69 Å². The summed E-state index contributed by atoms with van der Waals surface area (Å²) in [7, 11) is 3.60. The number of rotatable bonds is 4. The minimum absolute atomic E-state index is 0.474. The van der Waals surface area contributed by atoms with Crippen molar-refractivity contribution in [1.29, 1.82) is 5.26 Å². The highest BCUT2D eigenvalue weighted by Gasteiger charge is 2.09. The maximum absolute atomic E-state index is 8.48. The van der Waals surface area contributed by atoms with Crippen LogP contribution < -0.4 is 15.5 Å². The fourth-order valence-electron chi connectivity index (χ4n) is 1.20. The van der Waals surface area contributed by atoms with E-state index in [4.69, 9.17) is 5.26 Å². The molecule has 0 saturated heterocycles. The van der Waals surface area contributed by atoms with Crippen LogP contribution in [0.25, 0.3) is 0 Å². The molecule has 1 heterocycles. The number of aromatic nitrogens is 1. The summed E-state index contributed by atoms with van der Waals surface area (Å²) in [5.41, 5.74) is 0.997. The molecule has 0 amide bonds. The van der Waals surface area contributed by atoms with Gasteiger partial charge in [0.2, 0.25) is 5.96 Å². The van der Waals surface area contributed by atoms with Crippen LogP contribution in [0.15, 0.2) is 8.78 Å². The molecule has 0 saturated carbocycles. The van der Waals surface area contributed by atoms with Gasteiger partial charge in [0.05, 0.1) is 9.48 Å². The van der Waals surface area contributed by atoms with Crippen molar-refractivity contribution < 1.29 is 0 Å². The molecule has 0 fully saturated rings. The highest BCUT2D eigenvalue weighted by atomic mass is 79.9. The van der Waals surface area contributed by atoms with E-state index in [9.17, 15) is 0 Å². The van der Waals surface area contributed by atoms with Crippen LogP contribution >= 0.6 is 27.3 Å². The molecular formula is C10H15BrN6S. The second-order valence-corrected chi connectivity index (χ2v) is 5.81. The predicted molar refractivity (Wildman–Crippen MR) is 77.9 cm³/mol. The molecule has 98 valence electrons. The molecule has 0 spiro atoms. The van der Waals surface area contributed by atoms with Crippen molar-refractivity contribution in [2.75, 3.05) is 32.1 Å². The van der Waals surface area contributed by atoms with E-state index in [-0.39, 0.29) is 0 Å². The van der Waals surface area contributed by atoms with Gasteiger partial charge in [0.1, 0.15) is 0 Å². The van der Waals surface area contributed by atoms with Crippen LogP contribution in [0.5, 0.6) is 0 Å². The zero-order valence-corrected chi connectivity index (χ0v) is 12.9. The summed E-state index contributed by atoms with van der Waals surface area (Å²) in [6, 6.07) is 0. The van der Waals surface area contributed by atoms with Crippen molar-refractivity contribution in [2.45, 2.75) is 6.92 Å². The van der Waals surface area contributed by atoms with Crippen molar-refractivity contribution >= 4 is 38.4 Å². The first-order valence-corrected chi connectivity index (χ1v) is 6.89. The molecule has 18 heavy (non-hydrogen) atoms. The largest absolute Gasteiger partial charge is 0.354 e. The van der Waals surface area contributed by atoms with Gasteiger partial charge < -0.3 is 10.2 Å². The lowest BCUT2D eigenvalue weighted by Crippen LogP contribution is -2.39. The highest BCUT2D eigenvalue weighted by molar-refractivity contribution is 9.11. The molecule has 1 rings (SSSR count). The summed E-state index contributed by atoms with van der Waals surface area (Å²) >= 11 is 5.06. The third-order valence-electron chi connectivity index (χ3n) is 2.19. The molecule has 0 aliphatic heterocycles. The number of hydrogen-bond donors (Lipinski definition) is 2. The number of halogens is 1.